The summed E-state index contributed by atoms with van der Waals surface area (Å²) in [6.07, 6.45) is 3.81. The van der Waals surface area contributed by atoms with E-state index < -0.39 is 0 Å². The number of carbonyl (C=O) groups is 1. The molecule has 7 nitrogen and oxygen atoms in total. The van der Waals surface area contributed by atoms with E-state index in [1.807, 2.05) is 19.4 Å². The Hall–Kier alpha value is -2.54. The van der Waals surface area contributed by atoms with Crippen LogP contribution in [-0.2, 0) is 18.4 Å². The molecule has 0 spiro atoms. The molecule has 0 saturated carbocycles. The lowest BCUT2D eigenvalue weighted by molar-refractivity contribution is -0.134. The van der Waals surface area contributed by atoms with Crippen LogP contribution in [0, 0.1) is 5.92 Å². The van der Waals surface area contributed by atoms with E-state index in [-0.39, 0.29) is 23.5 Å². The minimum Gasteiger partial charge on any atom is -0.504 e. The Morgan fingerprint density at radius 2 is 2.28 bits per heavy atom. The third kappa shape index (κ3) is 3.61. The number of nitrogens with one attached hydrogen (secondary N) is 1. The number of amides is 1. The molecule has 2 N–H and O–H groups in total. The van der Waals surface area contributed by atoms with Gasteiger partial charge in [-0.25, -0.2) is 0 Å². The van der Waals surface area contributed by atoms with E-state index in [0.717, 1.165) is 17.7 Å². The molecule has 1 fully saturated rings. The molecule has 0 unspecified atom stereocenters. The Balaban J connectivity index is 1.71. The van der Waals surface area contributed by atoms with Crippen LogP contribution in [0.1, 0.15) is 17.0 Å². The summed E-state index contributed by atoms with van der Waals surface area (Å²) < 4.78 is 6.90. The second kappa shape index (κ2) is 7.14. The number of phenolic OH excluding ortho intramolecular Hbond substituents is 1. The SMILES string of the molecule is COc1cc(CN(C)C(=O)[C@H]2CNC[C@@H]2c2cnn(C)c2)ccc1O. The number of aryl methyl sites for hydroxylation is 1. The van der Waals surface area contributed by atoms with E-state index >= 15 is 0 Å². The lowest BCUT2D eigenvalue weighted by Crippen LogP contribution is -2.35. The van der Waals surface area contributed by atoms with E-state index in [4.69, 9.17) is 4.74 Å². The van der Waals surface area contributed by atoms with Crippen LogP contribution in [0.3, 0.4) is 0 Å². The zero-order valence-electron chi connectivity index (χ0n) is 14.8. The predicted octanol–water partition coefficient (Wildman–Crippen LogP) is 1.10. The second-order valence-electron chi connectivity index (χ2n) is 6.52. The normalized spacial score (nSPS) is 19.8. The van der Waals surface area contributed by atoms with Crippen molar-refractivity contribution in [2.45, 2.75) is 12.5 Å². The minimum atomic E-state index is -0.104. The molecule has 2 atom stereocenters. The molecule has 1 aromatic heterocycles. The van der Waals surface area contributed by atoms with Crippen molar-refractivity contribution in [2.24, 2.45) is 13.0 Å². The van der Waals surface area contributed by atoms with Gasteiger partial charge in [-0.05, 0) is 23.3 Å². The van der Waals surface area contributed by atoms with Gasteiger partial charge >= 0.3 is 0 Å². The van der Waals surface area contributed by atoms with Crippen LogP contribution in [-0.4, -0.2) is 52.9 Å². The van der Waals surface area contributed by atoms with Crippen LogP contribution < -0.4 is 10.1 Å². The molecule has 2 aromatic rings. The first kappa shape index (κ1) is 17.3. The van der Waals surface area contributed by atoms with Crippen LogP contribution in [0.2, 0.25) is 0 Å². The fraction of sp³-hybridized carbons (Fsp3) is 0.444. The maximum Gasteiger partial charge on any atom is 0.227 e. The smallest absolute Gasteiger partial charge is 0.227 e. The van der Waals surface area contributed by atoms with Crippen molar-refractivity contribution in [1.82, 2.24) is 20.0 Å². The Labute approximate surface area is 147 Å². The average molecular weight is 344 g/mol. The molecule has 1 aliphatic rings. The Bertz CT molecular complexity index is 759. The lowest BCUT2D eigenvalue weighted by atomic mass is 9.90. The van der Waals surface area contributed by atoms with E-state index in [1.54, 1.807) is 34.8 Å². The highest BCUT2D eigenvalue weighted by molar-refractivity contribution is 5.80. The lowest BCUT2D eigenvalue weighted by Gasteiger charge is -2.24. The summed E-state index contributed by atoms with van der Waals surface area (Å²) in [7, 11) is 5.20. The zero-order valence-corrected chi connectivity index (χ0v) is 14.8. The predicted molar refractivity (Wildman–Crippen MR) is 93.4 cm³/mol. The summed E-state index contributed by atoms with van der Waals surface area (Å²) in [5, 5.41) is 17.2. The Morgan fingerprint density at radius 1 is 1.48 bits per heavy atom. The van der Waals surface area contributed by atoms with Gasteiger partial charge in [-0.15, -0.1) is 0 Å². The van der Waals surface area contributed by atoms with Crippen LogP contribution in [0.15, 0.2) is 30.6 Å². The minimum absolute atomic E-state index is 0.0943. The second-order valence-corrected chi connectivity index (χ2v) is 6.52. The Kier molecular flexibility index (Phi) is 4.94. The van der Waals surface area contributed by atoms with Crippen molar-refractivity contribution in [3.8, 4) is 11.5 Å². The fourth-order valence-corrected chi connectivity index (χ4v) is 3.38. The molecular formula is C18H24N4O3. The summed E-state index contributed by atoms with van der Waals surface area (Å²) in [5.74, 6) is 0.642. The molecule has 3 rings (SSSR count). The van der Waals surface area contributed by atoms with Crippen LogP contribution in [0.5, 0.6) is 11.5 Å². The number of ether oxygens (including phenoxy) is 1. The van der Waals surface area contributed by atoms with Gasteiger partial charge in [0, 0.05) is 45.8 Å². The molecule has 0 bridgehead atoms. The summed E-state index contributed by atoms with van der Waals surface area (Å²) in [4.78, 5) is 14.7. The van der Waals surface area contributed by atoms with E-state index in [9.17, 15) is 9.90 Å². The maximum atomic E-state index is 12.9. The molecule has 1 amide bonds. The van der Waals surface area contributed by atoms with Gasteiger partial charge in [0.15, 0.2) is 11.5 Å². The number of nitrogens with zero attached hydrogens (tertiary/aromatic N) is 3. The molecular weight excluding hydrogens is 320 g/mol. The van der Waals surface area contributed by atoms with Gasteiger partial charge < -0.3 is 20.1 Å². The Morgan fingerprint density at radius 3 is 2.96 bits per heavy atom. The zero-order chi connectivity index (χ0) is 18.0. The standard InChI is InChI=1S/C18H24N4O3/c1-21(10-12-4-5-16(23)17(6-12)25-3)18(24)15-9-19-8-14(15)13-7-20-22(2)11-13/h4-7,11,14-15,19,23H,8-10H2,1-3H3/t14-,15+/m1/s1. The molecule has 1 aromatic carbocycles. The number of carbonyl (C=O) groups excluding carboxylic acids is 1. The highest BCUT2D eigenvalue weighted by Gasteiger charge is 2.36. The van der Waals surface area contributed by atoms with Gasteiger partial charge in [0.05, 0.1) is 19.2 Å². The molecule has 2 heterocycles. The summed E-state index contributed by atoms with van der Waals surface area (Å²) in [6, 6.07) is 5.14. The number of aromatic hydroxyl groups is 1. The molecule has 7 heteroatoms. The topological polar surface area (TPSA) is 79.6 Å². The first-order chi connectivity index (χ1) is 12.0. The first-order valence-corrected chi connectivity index (χ1v) is 8.29. The van der Waals surface area contributed by atoms with Crippen LogP contribution in [0.25, 0.3) is 0 Å². The van der Waals surface area contributed by atoms with Crippen LogP contribution in [0.4, 0.5) is 0 Å². The highest BCUT2D eigenvalue weighted by atomic mass is 16.5. The van der Waals surface area contributed by atoms with Gasteiger partial charge in [0.2, 0.25) is 5.91 Å². The number of rotatable bonds is 5. The van der Waals surface area contributed by atoms with Gasteiger partial charge in [0.25, 0.3) is 0 Å². The maximum absolute atomic E-state index is 12.9. The van der Waals surface area contributed by atoms with Crippen LogP contribution >= 0.6 is 0 Å². The molecule has 0 radical (unpaired) electrons. The summed E-state index contributed by atoms with van der Waals surface area (Å²) in [5.41, 5.74) is 2.00. The van der Waals surface area contributed by atoms with E-state index in [0.29, 0.717) is 18.8 Å². The number of aromatic nitrogens is 2. The van der Waals surface area contributed by atoms with E-state index in [2.05, 4.69) is 10.4 Å². The number of hydrogen-bond donors (Lipinski definition) is 2. The number of benzene rings is 1. The van der Waals surface area contributed by atoms with Crippen molar-refractivity contribution < 1.29 is 14.6 Å². The monoisotopic (exact) mass is 344 g/mol. The molecule has 1 saturated heterocycles. The van der Waals surface area contributed by atoms with Crippen molar-refractivity contribution in [2.75, 3.05) is 27.2 Å². The number of hydrogen-bond acceptors (Lipinski definition) is 5. The van der Waals surface area contributed by atoms with Crippen molar-refractivity contribution in [1.29, 1.82) is 0 Å². The van der Waals surface area contributed by atoms with E-state index in [1.165, 1.54) is 7.11 Å². The molecule has 134 valence electrons. The quantitative estimate of drug-likeness (QED) is 0.849. The highest BCUT2D eigenvalue weighted by Crippen LogP contribution is 2.30. The number of methoxy groups -OCH3 is 1. The van der Waals surface area contributed by atoms with Crippen molar-refractivity contribution in [3.05, 3.63) is 41.7 Å². The molecule has 1 aliphatic heterocycles. The summed E-state index contributed by atoms with van der Waals surface area (Å²) >= 11 is 0. The summed E-state index contributed by atoms with van der Waals surface area (Å²) in [6.45, 7) is 1.91. The molecule has 0 aliphatic carbocycles. The van der Waals surface area contributed by atoms with Crippen molar-refractivity contribution in [3.63, 3.8) is 0 Å². The molecule has 25 heavy (non-hydrogen) atoms. The van der Waals surface area contributed by atoms with Gasteiger partial charge in [-0.2, -0.15) is 5.10 Å². The average Bonchev–Trinajstić information content (AvgIpc) is 3.24. The van der Waals surface area contributed by atoms with Gasteiger partial charge in [-0.3, -0.25) is 9.48 Å². The fourth-order valence-electron chi connectivity index (χ4n) is 3.38. The third-order valence-corrected chi connectivity index (χ3v) is 4.72. The van der Waals surface area contributed by atoms with Gasteiger partial charge in [0.1, 0.15) is 0 Å². The van der Waals surface area contributed by atoms with Crippen molar-refractivity contribution >= 4 is 5.91 Å². The van der Waals surface area contributed by atoms with Gasteiger partial charge in [-0.1, -0.05) is 6.07 Å². The number of phenols is 1. The first-order valence-electron chi connectivity index (χ1n) is 8.29. The largest absolute Gasteiger partial charge is 0.504 e. The third-order valence-electron chi connectivity index (χ3n) is 4.72.